The van der Waals surface area contributed by atoms with E-state index in [9.17, 15) is 9.90 Å². The Morgan fingerprint density at radius 2 is 2.15 bits per heavy atom. The van der Waals surface area contributed by atoms with E-state index in [4.69, 9.17) is 0 Å². The van der Waals surface area contributed by atoms with E-state index < -0.39 is 0 Å². The Hall–Kier alpha value is -0.990. The van der Waals surface area contributed by atoms with E-state index in [-0.39, 0.29) is 11.7 Å². The van der Waals surface area contributed by atoms with Crippen molar-refractivity contribution >= 4 is 5.91 Å². The molecule has 0 fully saturated rings. The summed E-state index contributed by atoms with van der Waals surface area (Å²) in [5.41, 5.74) is 0.503. The van der Waals surface area contributed by atoms with Crippen LogP contribution < -0.4 is 0 Å². The van der Waals surface area contributed by atoms with Crippen LogP contribution in [0.3, 0.4) is 0 Å². The molecule has 0 unspecified atom stereocenters. The molecule has 1 heterocycles. The highest BCUT2D eigenvalue weighted by atomic mass is 16.3. The van der Waals surface area contributed by atoms with Crippen molar-refractivity contribution in [3.05, 3.63) is 11.3 Å². The fourth-order valence-corrected chi connectivity index (χ4v) is 1.33. The van der Waals surface area contributed by atoms with Crippen molar-refractivity contribution in [2.75, 3.05) is 13.1 Å². The number of amides is 1. The van der Waals surface area contributed by atoms with Gasteiger partial charge in [0.1, 0.15) is 5.76 Å². The van der Waals surface area contributed by atoms with E-state index >= 15 is 0 Å². The summed E-state index contributed by atoms with van der Waals surface area (Å²) in [6.45, 7) is 7.07. The number of aliphatic hydroxyl groups excluding tert-OH is 1. The van der Waals surface area contributed by atoms with Gasteiger partial charge in [0.2, 0.25) is 0 Å². The largest absolute Gasteiger partial charge is 0.510 e. The summed E-state index contributed by atoms with van der Waals surface area (Å²) in [6.07, 6.45) is 0.992. The van der Waals surface area contributed by atoms with Gasteiger partial charge in [0.05, 0.1) is 12.1 Å². The highest BCUT2D eigenvalue weighted by Crippen LogP contribution is 2.17. The molecule has 1 rings (SSSR count). The lowest BCUT2D eigenvalue weighted by Crippen LogP contribution is -2.28. The minimum absolute atomic E-state index is 0.0156. The van der Waals surface area contributed by atoms with Gasteiger partial charge in [-0.05, 0) is 19.3 Å². The van der Waals surface area contributed by atoms with Crippen molar-refractivity contribution in [2.24, 2.45) is 5.92 Å². The Balaban J connectivity index is 2.46. The molecule has 0 atom stereocenters. The molecule has 0 radical (unpaired) electrons. The second-order valence-corrected chi connectivity index (χ2v) is 3.98. The summed E-state index contributed by atoms with van der Waals surface area (Å²) in [4.78, 5) is 13.1. The van der Waals surface area contributed by atoms with Crippen molar-refractivity contribution < 1.29 is 9.90 Å². The van der Waals surface area contributed by atoms with Crippen LogP contribution >= 0.6 is 0 Å². The lowest BCUT2D eigenvalue weighted by Gasteiger charge is -2.16. The van der Waals surface area contributed by atoms with Crippen molar-refractivity contribution in [2.45, 2.75) is 27.2 Å². The minimum Gasteiger partial charge on any atom is -0.510 e. The third-order valence-corrected chi connectivity index (χ3v) is 2.36. The molecule has 1 amide bonds. The summed E-state index contributed by atoms with van der Waals surface area (Å²) < 4.78 is 0. The molecule has 0 saturated heterocycles. The van der Waals surface area contributed by atoms with Crippen LogP contribution in [-0.2, 0) is 4.79 Å². The Morgan fingerprint density at radius 1 is 1.54 bits per heavy atom. The monoisotopic (exact) mass is 183 g/mol. The average Bonchev–Trinajstić information content (AvgIpc) is 2.29. The van der Waals surface area contributed by atoms with Gasteiger partial charge in [-0.25, -0.2) is 0 Å². The molecule has 0 spiro atoms. The molecule has 1 N–H and O–H groups in total. The van der Waals surface area contributed by atoms with Gasteiger partial charge in [-0.15, -0.1) is 0 Å². The first-order valence-electron chi connectivity index (χ1n) is 4.70. The van der Waals surface area contributed by atoms with Crippen LogP contribution in [0.1, 0.15) is 27.2 Å². The predicted molar refractivity (Wildman–Crippen MR) is 51.4 cm³/mol. The van der Waals surface area contributed by atoms with E-state index in [1.807, 2.05) is 0 Å². The van der Waals surface area contributed by atoms with Gasteiger partial charge < -0.3 is 10.0 Å². The van der Waals surface area contributed by atoms with Crippen molar-refractivity contribution in [3.63, 3.8) is 0 Å². The number of nitrogens with zero attached hydrogens (tertiary/aromatic N) is 1. The van der Waals surface area contributed by atoms with Crippen LogP contribution in [0, 0.1) is 5.92 Å². The molecule has 3 nitrogen and oxygen atoms in total. The molecule has 1 aliphatic heterocycles. The number of hydrogen-bond acceptors (Lipinski definition) is 2. The van der Waals surface area contributed by atoms with Crippen LogP contribution in [0.25, 0.3) is 0 Å². The van der Waals surface area contributed by atoms with Gasteiger partial charge in [-0.1, -0.05) is 13.8 Å². The lowest BCUT2D eigenvalue weighted by molar-refractivity contribution is -0.125. The van der Waals surface area contributed by atoms with Gasteiger partial charge in [0.25, 0.3) is 5.91 Å². The number of carbonyl (C=O) groups is 1. The molecule has 0 aromatic carbocycles. The normalized spacial score (nSPS) is 17.8. The summed E-state index contributed by atoms with van der Waals surface area (Å²) in [7, 11) is 0. The van der Waals surface area contributed by atoms with Crippen LogP contribution in [0.15, 0.2) is 11.3 Å². The molecule has 74 valence electrons. The van der Waals surface area contributed by atoms with Crippen LogP contribution in [0.2, 0.25) is 0 Å². The zero-order valence-electron chi connectivity index (χ0n) is 8.50. The third-order valence-electron chi connectivity index (χ3n) is 2.36. The Morgan fingerprint density at radius 3 is 2.54 bits per heavy atom. The maximum Gasteiger partial charge on any atom is 0.253 e. The highest BCUT2D eigenvalue weighted by molar-refractivity contribution is 5.95. The number of carbonyl (C=O) groups excluding carboxylic acids is 1. The van der Waals surface area contributed by atoms with E-state index in [0.717, 1.165) is 13.0 Å². The van der Waals surface area contributed by atoms with Crippen LogP contribution in [-0.4, -0.2) is 29.0 Å². The van der Waals surface area contributed by atoms with Crippen molar-refractivity contribution in [1.29, 1.82) is 0 Å². The Labute approximate surface area is 79.0 Å². The van der Waals surface area contributed by atoms with Crippen LogP contribution in [0.5, 0.6) is 0 Å². The Bertz CT molecular complexity index is 243. The smallest absolute Gasteiger partial charge is 0.253 e. The predicted octanol–water partition coefficient (Wildman–Crippen LogP) is 1.71. The van der Waals surface area contributed by atoms with E-state index in [0.29, 0.717) is 18.0 Å². The maximum absolute atomic E-state index is 11.4. The van der Waals surface area contributed by atoms with Gasteiger partial charge in [0, 0.05) is 6.54 Å². The Kier molecular flexibility index (Phi) is 2.96. The fraction of sp³-hybridized carbons (Fsp3) is 0.700. The molecular weight excluding hydrogens is 166 g/mol. The maximum atomic E-state index is 11.4. The first kappa shape index (κ1) is 10.1. The quantitative estimate of drug-likeness (QED) is 0.723. The second kappa shape index (κ2) is 3.81. The SMILES string of the molecule is CC1=C(O)CN(CCC(C)C)C1=O. The number of aliphatic hydroxyl groups is 1. The molecule has 0 aromatic heterocycles. The first-order valence-corrected chi connectivity index (χ1v) is 4.70. The molecule has 0 saturated carbocycles. The number of rotatable bonds is 3. The topological polar surface area (TPSA) is 40.5 Å². The molecule has 0 bridgehead atoms. The van der Waals surface area contributed by atoms with Crippen molar-refractivity contribution in [3.8, 4) is 0 Å². The zero-order chi connectivity index (χ0) is 10.0. The first-order chi connectivity index (χ1) is 6.02. The zero-order valence-corrected chi connectivity index (χ0v) is 8.50. The fourth-order valence-electron chi connectivity index (χ4n) is 1.33. The standard InChI is InChI=1S/C10H17NO2/c1-7(2)4-5-11-6-9(12)8(3)10(11)13/h7,12H,4-6H2,1-3H3. The molecular formula is C10H17NO2. The molecule has 0 aliphatic carbocycles. The van der Waals surface area contributed by atoms with Gasteiger partial charge >= 0.3 is 0 Å². The number of hydrogen-bond donors (Lipinski definition) is 1. The highest BCUT2D eigenvalue weighted by Gasteiger charge is 2.26. The van der Waals surface area contributed by atoms with Gasteiger partial charge in [0.15, 0.2) is 0 Å². The van der Waals surface area contributed by atoms with E-state index in [1.165, 1.54) is 0 Å². The van der Waals surface area contributed by atoms with E-state index in [1.54, 1.807) is 11.8 Å². The van der Waals surface area contributed by atoms with Crippen molar-refractivity contribution in [1.82, 2.24) is 4.90 Å². The lowest BCUT2D eigenvalue weighted by atomic mass is 10.1. The molecule has 3 heteroatoms. The van der Waals surface area contributed by atoms with E-state index in [2.05, 4.69) is 13.8 Å². The molecule has 13 heavy (non-hydrogen) atoms. The minimum atomic E-state index is -0.0156. The summed E-state index contributed by atoms with van der Waals surface area (Å²) >= 11 is 0. The molecule has 1 aliphatic rings. The van der Waals surface area contributed by atoms with Gasteiger partial charge in [-0.2, -0.15) is 0 Å². The van der Waals surface area contributed by atoms with Gasteiger partial charge in [-0.3, -0.25) is 4.79 Å². The summed E-state index contributed by atoms with van der Waals surface area (Å²) in [5, 5.41) is 9.32. The molecule has 0 aromatic rings. The third kappa shape index (κ3) is 2.23. The summed E-state index contributed by atoms with van der Waals surface area (Å²) in [6, 6.07) is 0. The van der Waals surface area contributed by atoms with Crippen LogP contribution in [0.4, 0.5) is 0 Å². The average molecular weight is 183 g/mol. The summed E-state index contributed by atoms with van der Waals surface area (Å²) in [5.74, 6) is 0.808. The second-order valence-electron chi connectivity index (χ2n) is 3.98.